The van der Waals surface area contributed by atoms with Gasteiger partial charge in [-0.05, 0) is 36.8 Å². The van der Waals surface area contributed by atoms with Gasteiger partial charge in [0.2, 0.25) is 5.91 Å². The standard InChI is InChI=1S/C18H20N2O2/c1-13(15-7-5-4-6-8-15)20(3)18(22)16-9-11-17(12-10-16)19-14(2)21/h4-13H,1-3H3,(H,19,21). The first-order valence-corrected chi connectivity index (χ1v) is 7.19. The predicted octanol–water partition coefficient (Wildman–Crippen LogP) is 3.48. The molecule has 0 aliphatic heterocycles. The Bertz CT molecular complexity index is 651. The van der Waals surface area contributed by atoms with Crippen LogP contribution in [0, 0.1) is 0 Å². The van der Waals surface area contributed by atoms with Crippen LogP contribution in [0.3, 0.4) is 0 Å². The largest absolute Gasteiger partial charge is 0.335 e. The maximum absolute atomic E-state index is 12.5. The van der Waals surface area contributed by atoms with Gasteiger partial charge in [0.1, 0.15) is 0 Å². The molecular weight excluding hydrogens is 276 g/mol. The van der Waals surface area contributed by atoms with E-state index in [1.54, 1.807) is 36.2 Å². The summed E-state index contributed by atoms with van der Waals surface area (Å²) in [5.74, 6) is -0.181. The fourth-order valence-electron chi connectivity index (χ4n) is 2.23. The molecule has 0 bridgehead atoms. The van der Waals surface area contributed by atoms with E-state index in [9.17, 15) is 9.59 Å². The Morgan fingerprint density at radius 3 is 2.14 bits per heavy atom. The molecule has 0 heterocycles. The van der Waals surface area contributed by atoms with Gasteiger partial charge in [-0.25, -0.2) is 0 Å². The minimum atomic E-state index is -0.131. The number of carbonyl (C=O) groups excluding carboxylic acids is 2. The number of carbonyl (C=O) groups is 2. The van der Waals surface area contributed by atoms with Crippen molar-refractivity contribution < 1.29 is 9.59 Å². The van der Waals surface area contributed by atoms with Gasteiger partial charge < -0.3 is 10.2 Å². The van der Waals surface area contributed by atoms with E-state index in [2.05, 4.69) is 5.32 Å². The van der Waals surface area contributed by atoms with Gasteiger partial charge in [0, 0.05) is 25.2 Å². The van der Waals surface area contributed by atoms with E-state index in [0.717, 1.165) is 5.56 Å². The Morgan fingerprint density at radius 1 is 1.00 bits per heavy atom. The van der Waals surface area contributed by atoms with Crippen molar-refractivity contribution in [2.45, 2.75) is 19.9 Å². The number of nitrogens with one attached hydrogen (secondary N) is 1. The number of hydrogen-bond acceptors (Lipinski definition) is 2. The second kappa shape index (κ2) is 6.89. The molecule has 2 amide bonds. The van der Waals surface area contributed by atoms with Crippen LogP contribution in [0.4, 0.5) is 5.69 Å². The monoisotopic (exact) mass is 296 g/mol. The molecule has 2 rings (SSSR count). The van der Waals surface area contributed by atoms with Gasteiger partial charge in [0.25, 0.3) is 5.91 Å². The third-order valence-electron chi connectivity index (χ3n) is 3.64. The summed E-state index contributed by atoms with van der Waals surface area (Å²) in [5.41, 5.74) is 2.37. The van der Waals surface area contributed by atoms with Gasteiger partial charge in [0.05, 0.1) is 6.04 Å². The van der Waals surface area contributed by atoms with E-state index in [1.807, 2.05) is 37.3 Å². The molecule has 0 saturated heterocycles. The molecule has 22 heavy (non-hydrogen) atoms. The summed E-state index contributed by atoms with van der Waals surface area (Å²) in [6.07, 6.45) is 0. The van der Waals surface area contributed by atoms with Crippen molar-refractivity contribution in [3.8, 4) is 0 Å². The normalized spacial score (nSPS) is 11.6. The van der Waals surface area contributed by atoms with E-state index in [4.69, 9.17) is 0 Å². The van der Waals surface area contributed by atoms with Crippen molar-refractivity contribution >= 4 is 17.5 Å². The minimum absolute atomic E-state index is 0.0104. The number of amides is 2. The molecule has 2 aromatic carbocycles. The van der Waals surface area contributed by atoms with Crippen molar-refractivity contribution in [3.05, 3.63) is 65.7 Å². The van der Waals surface area contributed by atoms with Crippen LogP contribution in [-0.4, -0.2) is 23.8 Å². The summed E-state index contributed by atoms with van der Waals surface area (Å²) in [4.78, 5) is 25.2. The van der Waals surface area contributed by atoms with Crippen LogP contribution in [0.5, 0.6) is 0 Å². The molecule has 114 valence electrons. The van der Waals surface area contributed by atoms with Crippen LogP contribution in [0.1, 0.15) is 35.8 Å². The molecule has 0 saturated carbocycles. The first kappa shape index (κ1) is 15.8. The maximum atomic E-state index is 12.5. The van der Waals surface area contributed by atoms with E-state index in [-0.39, 0.29) is 17.9 Å². The number of anilines is 1. The topological polar surface area (TPSA) is 49.4 Å². The lowest BCUT2D eigenvalue weighted by Crippen LogP contribution is -2.29. The Kier molecular flexibility index (Phi) is 4.94. The molecule has 1 unspecified atom stereocenters. The molecule has 0 radical (unpaired) electrons. The lowest BCUT2D eigenvalue weighted by atomic mass is 10.1. The molecular formula is C18H20N2O2. The van der Waals surface area contributed by atoms with Crippen molar-refractivity contribution in [3.63, 3.8) is 0 Å². The maximum Gasteiger partial charge on any atom is 0.254 e. The zero-order valence-electron chi connectivity index (χ0n) is 13.0. The first-order valence-electron chi connectivity index (χ1n) is 7.19. The highest BCUT2D eigenvalue weighted by molar-refractivity contribution is 5.95. The van der Waals surface area contributed by atoms with Gasteiger partial charge >= 0.3 is 0 Å². The quantitative estimate of drug-likeness (QED) is 0.939. The molecule has 0 spiro atoms. The number of rotatable bonds is 4. The van der Waals surface area contributed by atoms with Gasteiger partial charge in [-0.2, -0.15) is 0 Å². The molecule has 0 aliphatic carbocycles. The molecule has 4 heteroatoms. The third kappa shape index (κ3) is 3.73. The summed E-state index contributed by atoms with van der Waals surface area (Å²) in [7, 11) is 1.79. The van der Waals surface area contributed by atoms with E-state index in [0.29, 0.717) is 11.3 Å². The lowest BCUT2D eigenvalue weighted by molar-refractivity contribution is -0.114. The number of benzene rings is 2. The zero-order chi connectivity index (χ0) is 16.1. The summed E-state index contributed by atoms with van der Waals surface area (Å²) in [6.45, 7) is 3.45. The SMILES string of the molecule is CC(=O)Nc1ccc(C(=O)N(C)C(C)c2ccccc2)cc1. The Balaban J connectivity index is 2.11. The number of hydrogen-bond donors (Lipinski definition) is 1. The average Bonchev–Trinajstić information content (AvgIpc) is 2.54. The molecule has 4 nitrogen and oxygen atoms in total. The zero-order valence-corrected chi connectivity index (χ0v) is 13.0. The van der Waals surface area contributed by atoms with Crippen LogP contribution >= 0.6 is 0 Å². The minimum Gasteiger partial charge on any atom is -0.335 e. The van der Waals surface area contributed by atoms with Crippen molar-refractivity contribution in [2.75, 3.05) is 12.4 Å². The van der Waals surface area contributed by atoms with Crippen LogP contribution in [-0.2, 0) is 4.79 Å². The van der Waals surface area contributed by atoms with Crippen LogP contribution in [0.15, 0.2) is 54.6 Å². The third-order valence-corrected chi connectivity index (χ3v) is 3.64. The second-order valence-electron chi connectivity index (χ2n) is 5.26. The highest BCUT2D eigenvalue weighted by Crippen LogP contribution is 2.21. The summed E-state index contributed by atoms with van der Waals surface area (Å²) < 4.78 is 0. The van der Waals surface area contributed by atoms with Crippen molar-refractivity contribution in [1.29, 1.82) is 0 Å². The van der Waals surface area contributed by atoms with Gasteiger partial charge in [-0.3, -0.25) is 9.59 Å². The lowest BCUT2D eigenvalue weighted by Gasteiger charge is -2.25. The van der Waals surface area contributed by atoms with Crippen molar-refractivity contribution in [1.82, 2.24) is 4.90 Å². The van der Waals surface area contributed by atoms with E-state index in [1.165, 1.54) is 6.92 Å². The van der Waals surface area contributed by atoms with Crippen molar-refractivity contribution in [2.24, 2.45) is 0 Å². The molecule has 0 fully saturated rings. The van der Waals surface area contributed by atoms with Crippen LogP contribution in [0.25, 0.3) is 0 Å². The number of nitrogens with zero attached hydrogens (tertiary/aromatic N) is 1. The fraction of sp³-hybridized carbons (Fsp3) is 0.222. The van der Waals surface area contributed by atoms with Crippen LogP contribution in [0.2, 0.25) is 0 Å². The predicted molar refractivity (Wildman–Crippen MR) is 87.7 cm³/mol. The van der Waals surface area contributed by atoms with Gasteiger partial charge in [0.15, 0.2) is 0 Å². The van der Waals surface area contributed by atoms with Crippen LogP contribution < -0.4 is 5.32 Å². The summed E-state index contributed by atoms with van der Waals surface area (Å²) in [6, 6.07) is 16.8. The molecule has 0 aliphatic rings. The second-order valence-corrected chi connectivity index (χ2v) is 5.26. The first-order chi connectivity index (χ1) is 10.5. The molecule has 1 atom stereocenters. The average molecular weight is 296 g/mol. The fourth-order valence-corrected chi connectivity index (χ4v) is 2.23. The molecule has 0 aromatic heterocycles. The van der Waals surface area contributed by atoms with E-state index >= 15 is 0 Å². The van der Waals surface area contributed by atoms with E-state index < -0.39 is 0 Å². The highest BCUT2D eigenvalue weighted by Gasteiger charge is 2.18. The highest BCUT2D eigenvalue weighted by atomic mass is 16.2. The Hall–Kier alpha value is -2.62. The van der Waals surface area contributed by atoms with Gasteiger partial charge in [-0.15, -0.1) is 0 Å². The Labute approximate surface area is 130 Å². The smallest absolute Gasteiger partial charge is 0.254 e. The van der Waals surface area contributed by atoms with Gasteiger partial charge in [-0.1, -0.05) is 30.3 Å². The Morgan fingerprint density at radius 2 is 1.59 bits per heavy atom. The molecule has 1 N–H and O–H groups in total. The summed E-state index contributed by atoms with van der Waals surface area (Å²) in [5, 5.41) is 2.68. The molecule has 2 aromatic rings. The summed E-state index contributed by atoms with van der Waals surface area (Å²) >= 11 is 0.